The van der Waals surface area contributed by atoms with Gasteiger partial charge in [0.1, 0.15) is 5.82 Å². The van der Waals surface area contributed by atoms with Crippen LogP contribution in [-0.4, -0.2) is 15.7 Å². The Morgan fingerprint density at radius 3 is 3.19 bits per heavy atom. The highest BCUT2D eigenvalue weighted by Gasteiger charge is 2.19. The molecule has 1 unspecified atom stereocenters. The van der Waals surface area contributed by atoms with E-state index in [1.807, 2.05) is 13.0 Å². The zero-order valence-corrected chi connectivity index (χ0v) is 9.52. The van der Waals surface area contributed by atoms with Gasteiger partial charge in [-0.3, -0.25) is 4.79 Å². The van der Waals surface area contributed by atoms with Gasteiger partial charge in [-0.05, 0) is 26.2 Å². The largest absolute Gasteiger partial charge is 0.311 e. The van der Waals surface area contributed by atoms with Crippen LogP contribution in [0, 0.1) is 5.92 Å². The second kappa shape index (κ2) is 4.96. The van der Waals surface area contributed by atoms with Crippen molar-refractivity contribution in [2.45, 2.75) is 32.7 Å². The number of anilines is 1. The maximum Gasteiger partial charge on any atom is 0.228 e. The van der Waals surface area contributed by atoms with Gasteiger partial charge in [-0.15, -0.1) is 0 Å². The third-order valence-corrected chi connectivity index (χ3v) is 2.91. The number of amides is 1. The predicted octanol–water partition coefficient (Wildman–Crippen LogP) is 2.20. The second-order valence-electron chi connectivity index (χ2n) is 4.00. The summed E-state index contributed by atoms with van der Waals surface area (Å²) in [7, 11) is 0. The molecule has 0 fully saturated rings. The topological polar surface area (TPSA) is 46.9 Å². The van der Waals surface area contributed by atoms with E-state index in [1.165, 1.54) is 0 Å². The number of nitrogens with zero attached hydrogens (tertiary/aromatic N) is 2. The van der Waals surface area contributed by atoms with E-state index >= 15 is 0 Å². The number of aryl methyl sites for hydroxylation is 1. The van der Waals surface area contributed by atoms with Gasteiger partial charge in [0, 0.05) is 18.5 Å². The van der Waals surface area contributed by atoms with Crippen molar-refractivity contribution in [3.63, 3.8) is 0 Å². The van der Waals surface area contributed by atoms with Gasteiger partial charge in [-0.1, -0.05) is 12.2 Å². The molecule has 1 amide bonds. The Morgan fingerprint density at radius 2 is 2.50 bits per heavy atom. The fraction of sp³-hybridized carbons (Fsp3) is 0.500. The van der Waals surface area contributed by atoms with Gasteiger partial charge in [0.05, 0.1) is 6.20 Å². The molecule has 2 rings (SSSR count). The Morgan fingerprint density at radius 1 is 1.62 bits per heavy atom. The van der Waals surface area contributed by atoms with E-state index in [2.05, 4.69) is 22.6 Å². The lowest BCUT2D eigenvalue weighted by molar-refractivity contribution is -0.120. The summed E-state index contributed by atoms with van der Waals surface area (Å²) in [6, 6.07) is 1.83. The molecule has 0 spiro atoms. The molecule has 0 aliphatic heterocycles. The number of carbonyl (C=O) groups is 1. The van der Waals surface area contributed by atoms with Crippen LogP contribution in [0.4, 0.5) is 5.82 Å². The van der Waals surface area contributed by atoms with E-state index in [-0.39, 0.29) is 11.8 Å². The number of nitrogens with one attached hydrogen (secondary N) is 1. The maximum absolute atomic E-state index is 11.9. The van der Waals surface area contributed by atoms with Crippen LogP contribution in [0.15, 0.2) is 24.4 Å². The van der Waals surface area contributed by atoms with Gasteiger partial charge in [-0.25, -0.2) is 4.68 Å². The van der Waals surface area contributed by atoms with Crippen LogP contribution in [0.1, 0.15) is 26.2 Å². The zero-order chi connectivity index (χ0) is 11.4. The van der Waals surface area contributed by atoms with Crippen molar-refractivity contribution in [1.82, 2.24) is 9.78 Å². The molecule has 16 heavy (non-hydrogen) atoms. The summed E-state index contributed by atoms with van der Waals surface area (Å²) in [4.78, 5) is 11.9. The first-order valence-corrected chi connectivity index (χ1v) is 5.79. The summed E-state index contributed by atoms with van der Waals surface area (Å²) in [5, 5.41) is 7.06. The third-order valence-electron chi connectivity index (χ3n) is 2.91. The van der Waals surface area contributed by atoms with Crippen LogP contribution in [0.25, 0.3) is 0 Å². The summed E-state index contributed by atoms with van der Waals surface area (Å²) >= 11 is 0. The molecule has 1 heterocycles. The average molecular weight is 219 g/mol. The molecular weight excluding hydrogens is 202 g/mol. The van der Waals surface area contributed by atoms with Crippen molar-refractivity contribution in [3.8, 4) is 0 Å². The predicted molar refractivity (Wildman–Crippen MR) is 63.0 cm³/mol. The molecule has 1 aliphatic carbocycles. The molecule has 0 bridgehead atoms. The minimum absolute atomic E-state index is 0.111. The maximum atomic E-state index is 11.9. The van der Waals surface area contributed by atoms with Crippen LogP contribution in [0.2, 0.25) is 0 Å². The Balaban J connectivity index is 1.99. The first-order chi connectivity index (χ1) is 7.81. The quantitative estimate of drug-likeness (QED) is 0.792. The monoisotopic (exact) mass is 219 g/mol. The number of hydrogen-bond acceptors (Lipinski definition) is 2. The van der Waals surface area contributed by atoms with E-state index in [9.17, 15) is 4.79 Å². The van der Waals surface area contributed by atoms with Crippen molar-refractivity contribution in [2.75, 3.05) is 5.32 Å². The van der Waals surface area contributed by atoms with Crippen molar-refractivity contribution < 1.29 is 4.79 Å². The Kier molecular flexibility index (Phi) is 3.39. The van der Waals surface area contributed by atoms with E-state index < -0.39 is 0 Å². The SMILES string of the molecule is CCn1nccc1NC(=O)C1CC=CCC1. The molecular formula is C12H17N3O. The van der Waals surface area contributed by atoms with Crippen LogP contribution in [-0.2, 0) is 11.3 Å². The van der Waals surface area contributed by atoms with E-state index in [4.69, 9.17) is 0 Å². The zero-order valence-electron chi connectivity index (χ0n) is 9.52. The van der Waals surface area contributed by atoms with E-state index in [0.29, 0.717) is 0 Å². The molecule has 0 saturated heterocycles. The highest BCUT2D eigenvalue weighted by Crippen LogP contribution is 2.20. The van der Waals surface area contributed by atoms with Gasteiger partial charge in [0.2, 0.25) is 5.91 Å². The van der Waals surface area contributed by atoms with Crippen LogP contribution >= 0.6 is 0 Å². The molecule has 1 atom stereocenters. The number of hydrogen-bond donors (Lipinski definition) is 1. The number of aromatic nitrogens is 2. The highest BCUT2D eigenvalue weighted by atomic mass is 16.2. The molecule has 86 valence electrons. The lowest BCUT2D eigenvalue weighted by Gasteiger charge is -2.17. The molecule has 1 aliphatic rings. The molecule has 4 heteroatoms. The van der Waals surface area contributed by atoms with Crippen LogP contribution in [0.3, 0.4) is 0 Å². The van der Waals surface area contributed by atoms with Crippen LogP contribution < -0.4 is 5.32 Å². The standard InChI is InChI=1S/C12H17N3O/c1-2-15-11(8-9-13-15)14-12(16)10-6-4-3-5-7-10/h3-4,8-10H,2,5-7H2,1H3,(H,14,16). The summed E-state index contributed by atoms with van der Waals surface area (Å²) in [6.45, 7) is 2.78. The highest BCUT2D eigenvalue weighted by molar-refractivity contribution is 5.91. The Hall–Kier alpha value is -1.58. The molecule has 1 N–H and O–H groups in total. The van der Waals surface area contributed by atoms with Crippen molar-refractivity contribution in [3.05, 3.63) is 24.4 Å². The summed E-state index contributed by atoms with van der Waals surface area (Å²) in [5.41, 5.74) is 0. The second-order valence-corrected chi connectivity index (χ2v) is 4.00. The van der Waals surface area contributed by atoms with Crippen molar-refractivity contribution >= 4 is 11.7 Å². The van der Waals surface area contributed by atoms with Gasteiger partial charge in [0.15, 0.2) is 0 Å². The summed E-state index contributed by atoms with van der Waals surface area (Å²) in [6.07, 6.45) is 8.74. The fourth-order valence-electron chi connectivity index (χ4n) is 1.95. The van der Waals surface area contributed by atoms with Crippen molar-refractivity contribution in [2.24, 2.45) is 5.92 Å². The molecule has 0 aromatic carbocycles. The summed E-state index contributed by atoms with van der Waals surface area (Å²) in [5.74, 6) is 1.02. The average Bonchev–Trinajstić information content (AvgIpc) is 2.77. The Labute approximate surface area is 95.3 Å². The van der Waals surface area contributed by atoms with E-state index in [0.717, 1.165) is 31.6 Å². The molecule has 1 aromatic rings. The smallest absolute Gasteiger partial charge is 0.228 e. The Bertz CT molecular complexity index is 395. The summed E-state index contributed by atoms with van der Waals surface area (Å²) < 4.78 is 1.79. The van der Waals surface area contributed by atoms with Crippen molar-refractivity contribution in [1.29, 1.82) is 0 Å². The molecule has 1 aromatic heterocycles. The normalized spacial score (nSPS) is 19.7. The minimum Gasteiger partial charge on any atom is -0.311 e. The van der Waals surface area contributed by atoms with Gasteiger partial charge in [0.25, 0.3) is 0 Å². The molecule has 0 saturated carbocycles. The molecule has 0 radical (unpaired) electrons. The fourth-order valence-corrected chi connectivity index (χ4v) is 1.95. The molecule has 4 nitrogen and oxygen atoms in total. The van der Waals surface area contributed by atoms with Crippen LogP contribution in [0.5, 0.6) is 0 Å². The van der Waals surface area contributed by atoms with E-state index in [1.54, 1.807) is 10.9 Å². The number of rotatable bonds is 3. The van der Waals surface area contributed by atoms with Gasteiger partial charge < -0.3 is 5.32 Å². The van der Waals surface area contributed by atoms with Gasteiger partial charge >= 0.3 is 0 Å². The third kappa shape index (κ3) is 2.32. The lowest BCUT2D eigenvalue weighted by atomic mass is 9.94. The minimum atomic E-state index is 0.111. The lowest BCUT2D eigenvalue weighted by Crippen LogP contribution is -2.24. The first kappa shape index (κ1) is 10.9. The number of carbonyl (C=O) groups excluding carboxylic acids is 1. The number of allylic oxidation sites excluding steroid dienone is 2. The van der Waals surface area contributed by atoms with Gasteiger partial charge in [-0.2, -0.15) is 5.10 Å². The first-order valence-electron chi connectivity index (χ1n) is 5.79.